The summed E-state index contributed by atoms with van der Waals surface area (Å²) in [7, 11) is 1.53. The van der Waals surface area contributed by atoms with E-state index in [0.29, 0.717) is 60.7 Å². The molecule has 3 unspecified atom stereocenters. The Bertz CT molecular complexity index is 2400. The van der Waals surface area contributed by atoms with Gasteiger partial charge in [-0.3, -0.25) is 19.6 Å². The highest BCUT2D eigenvalue weighted by Crippen LogP contribution is 2.45. The molecule has 0 aliphatic carbocycles. The number of para-hydroxylation sites is 1. The third-order valence-electron chi connectivity index (χ3n) is 11.6. The number of nitrogens with two attached hydrogens (primary N) is 1. The molecule has 5 heterocycles. The number of hydrogen-bond donors (Lipinski definition) is 3. The number of anilines is 1. The van der Waals surface area contributed by atoms with Gasteiger partial charge in [0.2, 0.25) is 6.21 Å². The van der Waals surface area contributed by atoms with E-state index in [1.807, 2.05) is 30.5 Å². The number of amides is 2. The fraction of sp³-hybridized carbons (Fsp3) is 0.447. The lowest BCUT2D eigenvalue weighted by atomic mass is 9.93. The molecule has 1 spiro atoms. The van der Waals surface area contributed by atoms with Crippen LogP contribution < -0.4 is 21.1 Å². The van der Waals surface area contributed by atoms with E-state index in [0.717, 1.165) is 16.9 Å². The van der Waals surface area contributed by atoms with Crippen molar-refractivity contribution in [1.29, 1.82) is 0 Å². The number of guanidine groups is 1. The highest BCUT2D eigenvalue weighted by Gasteiger charge is 2.85. The first-order valence-corrected chi connectivity index (χ1v) is 21.8. The molecule has 0 radical (unpaired) electrons. The number of rotatable bonds is 19. The topological polar surface area (TPSA) is 200 Å². The molecule has 3 aromatic carbocycles. The molecule has 6 atom stereocenters. The molecule has 336 valence electrons. The quantitative estimate of drug-likeness (QED) is 0.0885. The van der Waals surface area contributed by atoms with Crippen LogP contribution in [0, 0.1) is 0 Å². The van der Waals surface area contributed by atoms with Crippen LogP contribution in [0.2, 0.25) is 0 Å². The lowest BCUT2D eigenvalue weighted by Gasteiger charge is -2.32. The molecule has 5 aliphatic rings. The molecule has 0 aromatic heterocycles. The number of carbonyl (C=O) groups excluding carboxylic acids is 3. The molecule has 2 amide bonds. The van der Waals surface area contributed by atoms with Gasteiger partial charge in [0.1, 0.15) is 36.1 Å². The lowest BCUT2D eigenvalue weighted by molar-refractivity contribution is -0.924. The predicted molar refractivity (Wildman–Crippen MR) is 239 cm³/mol. The number of methoxy groups -OCH3 is 1. The van der Waals surface area contributed by atoms with Crippen LogP contribution in [0.1, 0.15) is 86.3 Å². The van der Waals surface area contributed by atoms with Gasteiger partial charge in [-0.15, -0.1) is 4.99 Å². The van der Waals surface area contributed by atoms with Gasteiger partial charge >= 0.3 is 17.8 Å². The number of nitrogens with zero attached hydrogens (tertiary/aromatic N) is 5. The maximum Gasteiger partial charge on any atom is 0.635 e. The molecule has 4 N–H and O–H groups in total. The van der Waals surface area contributed by atoms with E-state index in [1.165, 1.54) is 25.2 Å². The molecule has 64 heavy (non-hydrogen) atoms. The predicted octanol–water partition coefficient (Wildman–Crippen LogP) is 4.24. The lowest BCUT2D eigenvalue weighted by Crippen LogP contribution is -2.77. The van der Waals surface area contributed by atoms with E-state index in [4.69, 9.17) is 39.1 Å². The van der Waals surface area contributed by atoms with Gasteiger partial charge in [-0.05, 0) is 95.0 Å². The van der Waals surface area contributed by atoms with Gasteiger partial charge in [-0.1, -0.05) is 45.9 Å². The number of aliphatic imine (C=N–C) groups is 3. The summed E-state index contributed by atoms with van der Waals surface area (Å²) in [5, 5.41) is 6.13. The average molecular weight is 877 g/mol. The van der Waals surface area contributed by atoms with Crippen molar-refractivity contribution in [2.45, 2.75) is 96.0 Å². The summed E-state index contributed by atoms with van der Waals surface area (Å²) in [5.74, 6) is 1.19. The van der Waals surface area contributed by atoms with Crippen molar-refractivity contribution < 1.29 is 52.0 Å². The smallest absolute Gasteiger partial charge is 0.491 e. The van der Waals surface area contributed by atoms with Crippen molar-refractivity contribution in [2.24, 2.45) is 20.7 Å². The largest absolute Gasteiger partial charge is 0.635 e. The number of ketones is 1. The highest BCUT2D eigenvalue weighted by molar-refractivity contribution is 6.34. The molecule has 0 saturated carbocycles. The number of Topliss-reactive ketones (excluding diaryl/α,β-unsaturated/α-hetero) is 1. The molecule has 2 fully saturated rings. The van der Waals surface area contributed by atoms with Gasteiger partial charge in [-0.2, -0.15) is 0 Å². The van der Waals surface area contributed by atoms with Crippen molar-refractivity contribution in [3.8, 4) is 5.75 Å². The summed E-state index contributed by atoms with van der Waals surface area (Å²) in [4.78, 5) is 50.5. The fourth-order valence-electron chi connectivity index (χ4n) is 8.34. The van der Waals surface area contributed by atoms with Crippen LogP contribution in [0.3, 0.4) is 0 Å². The van der Waals surface area contributed by atoms with Gasteiger partial charge in [0.25, 0.3) is 17.9 Å². The standard InChI is InChI=1S/C47H54N8O9/c1-27(2)35-10-7-11-36(28(3)4)38(35)51-23-30-12-18-34(19-13-30)61-22-21-60-26-37-40-41(45(59-6)62-37)64-47(63-40)54-25-33(52-39-43(58)53-46(48)55(47)44(39)54)24-50-32-16-14-31(15-17-32)42(57)49-20-8-9-29(5)56/h7,10-19,23,25,27-28,37,39-41,45H,8-9,20-22,24,26H2,1-6H3,(H2-2,48,49,50,53,57,58)/p+2/t37-,39?,40?,41+,45-,47?/m0/s1. The summed E-state index contributed by atoms with van der Waals surface area (Å²) in [5.41, 5.74) is 12.6. The van der Waals surface area contributed by atoms with Crippen LogP contribution in [0.25, 0.3) is 0 Å². The molecule has 5 aliphatic heterocycles. The number of nitrogens with one attached hydrogen (secondary N) is 2. The van der Waals surface area contributed by atoms with E-state index < -0.39 is 42.6 Å². The zero-order valence-electron chi connectivity index (χ0n) is 37.0. The Labute approximate surface area is 372 Å². The molecular weight excluding hydrogens is 821 g/mol. The molecule has 0 bridgehead atoms. The van der Waals surface area contributed by atoms with Crippen molar-refractivity contribution >= 4 is 58.9 Å². The van der Waals surface area contributed by atoms with Crippen molar-refractivity contribution in [1.82, 2.24) is 5.32 Å². The number of carbonyl (C=O) groups is 3. The normalized spacial score (nSPS) is 24.4. The molecule has 17 heteroatoms. The second-order valence-corrected chi connectivity index (χ2v) is 16.9. The van der Waals surface area contributed by atoms with Gasteiger partial charge in [0.05, 0.1) is 25.4 Å². The number of amidine groups is 1. The van der Waals surface area contributed by atoms with E-state index in [2.05, 4.69) is 66.5 Å². The van der Waals surface area contributed by atoms with Gasteiger partial charge in [0.15, 0.2) is 12.4 Å². The Balaban J connectivity index is 0.864. The molecular formula is C47H56N8O9+2. The minimum Gasteiger partial charge on any atom is -0.491 e. The Morgan fingerprint density at radius 1 is 0.984 bits per heavy atom. The Morgan fingerprint density at radius 2 is 1.70 bits per heavy atom. The third kappa shape index (κ3) is 9.03. The molecule has 17 nitrogen and oxygen atoms in total. The van der Waals surface area contributed by atoms with Crippen LogP contribution in [0.15, 0.2) is 81.7 Å². The first-order chi connectivity index (χ1) is 30.9. The minimum atomic E-state index is -1.56. The summed E-state index contributed by atoms with van der Waals surface area (Å²) in [6, 6.07) is 18.7. The average Bonchev–Trinajstić information content (AvgIpc) is 3.84. The van der Waals surface area contributed by atoms with Crippen LogP contribution in [-0.2, 0) is 33.3 Å². The monoisotopic (exact) mass is 876 g/mol. The maximum absolute atomic E-state index is 13.1. The van der Waals surface area contributed by atoms with E-state index >= 15 is 0 Å². The van der Waals surface area contributed by atoms with Gasteiger partial charge < -0.3 is 40.1 Å². The number of hydrogen-bond acceptors (Lipinski definition) is 13. The maximum atomic E-state index is 13.1. The summed E-state index contributed by atoms with van der Waals surface area (Å²) in [6.45, 7) is 11.7. The number of benzene rings is 3. The van der Waals surface area contributed by atoms with Crippen LogP contribution in [0.4, 0.5) is 11.4 Å². The zero-order valence-corrected chi connectivity index (χ0v) is 37.0. The first kappa shape index (κ1) is 44.6. The summed E-state index contributed by atoms with van der Waals surface area (Å²) >= 11 is 0. The van der Waals surface area contributed by atoms with E-state index in [1.54, 1.807) is 39.6 Å². The van der Waals surface area contributed by atoms with Crippen LogP contribution in [0.5, 0.6) is 5.75 Å². The van der Waals surface area contributed by atoms with Crippen molar-refractivity contribution in [2.75, 3.05) is 45.3 Å². The highest BCUT2D eigenvalue weighted by atomic mass is 16.8. The van der Waals surface area contributed by atoms with Gasteiger partial charge in [-0.25, -0.2) is 9.47 Å². The molecule has 8 rings (SSSR count). The van der Waals surface area contributed by atoms with E-state index in [-0.39, 0.29) is 37.4 Å². The molecule has 2 saturated heterocycles. The van der Waals surface area contributed by atoms with Gasteiger partial charge in [0, 0.05) is 42.1 Å². The third-order valence-corrected chi connectivity index (χ3v) is 11.6. The Morgan fingerprint density at radius 3 is 2.39 bits per heavy atom. The second kappa shape index (κ2) is 19.0. The first-order valence-electron chi connectivity index (χ1n) is 21.8. The van der Waals surface area contributed by atoms with E-state index in [9.17, 15) is 14.4 Å². The summed E-state index contributed by atoms with van der Waals surface area (Å²) in [6.07, 6.45) is 2.01. The Kier molecular flexibility index (Phi) is 13.3. The fourth-order valence-corrected chi connectivity index (χ4v) is 8.34. The SMILES string of the molecule is CO[C@H]1O[C@@H](COCCOc2ccc(C=Nc3c(C(C)C)cccc3C(C)C)cc2)C2OC3(O[C@H]21)[N+]1=CC(CNc2ccc(C(=O)NCCCC(C)=O)cc2)=NC2C(=O)N=C(N)[N+]3=C21. The van der Waals surface area contributed by atoms with Crippen molar-refractivity contribution in [3.05, 3.63) is 89.0 Å². The minimum absolute atomic E-state index is 0.0718. The Hall–Kier alpha value is -5.98. The van der Waals surface area contributed by atoms with Crippen LogP contribution in [-0.4, -0.2) is 133 Å². The molecule has 3 aromatic rings. The second-order valence-electron chi connectivity index (χ2n) is 16.9. The number of fused-ring (bicyclic) bond motifs is 3. The summed E-state index contributed by atoms with van der Waals surface area (Å²) < 4.78 is 40.4. The zero-order chi connectivity index (χ0) is 45.1. The van der Waals surface area contributed by atoms with Crippen LogP contribution >= 0.6 is 0 Å². The van der Waals surface area contributed by atoms with Crippen molar-refractivity contribution in [3.63, 3.8) is 0 Å². The number of ether oxygens (including phenoxy) is 6.